The molecule has 0 saturated carbocycles. The zero-order valence-corrected chi connectivity index (χ0v) is 23.1. The van der Waals surface area contributed by atoms with Crippen LogP contribution in [-0.2, 0) is 16.2 Å². The van der Waals surface area contributed by atoms with Gasteiger partial charge in [0.15, 0.2) is 0 Å². The van der Waals surface area contributed by atoms with Gasteiger partial charge in [-0.3, -0.25) is 35.1 Å². The highest BCUT2D eigenvalue weighted by Crippen LogP contribution is 2.37. The summed E-state index contributed by atoms with van der Waals surface area (Å²) in [6.07, 6.45) is 1.22. The Morgan fingerprint density at radius 2 is 1.55 bits per heavy atom. The number of imide groups is 2. The maximum Gasteiger partial charge on any atom is 0.335 e. The zero-order valence-electron chi connectivity index (χ0n) is 22.3. The van der Waals surface area contributed by atoms with Gasteiger partial charge in [0.1, 0.15) is 23.7 Å². The quantitative estimate of drug-likeness (QED) is 0.0997. The van der Waals surface area contributed by atoms with Gasteiger partial charge in [-0.15, -0.1) is 0 Å². The van der Waals surface area contributed by atoms with E-state index in [0.29, 0.717) is 12.4 Å². The number of urea groups is 1. The normalized spacial score (nSPS) is 13.9. The number of rotatable bonds is 9. The summed E-state index contributed by atoms with van der Waals surface area (Å²) in [5, 5.41) is 24.5. The van der Waals surface area contributed by atoms with Crippen LogP contribution in [0.25, 0.3) is 6.08 Å². The summed E-state index contributed by atoms with van der Waals surface area (Å²) in [5.41, 5.74) is -0.0612. The molecule has 4 amide bonds. The summed E-state index contributed by atoms with van der Waals surface area (Å²) in [6, 6.07) is 21.7. The van der Waals surface area contributed by atoms with E-state index in [-0.39, 0.29) is 33.3 Å². The van der Waals surface area contributed by atoms with Crippen LogP contribution in [0, 0.1) is 20.2 Å². The van der Waals surface area contributed by atoms with E-state index in [4.69, 9.17) is 21.1 Å². The first-order valence-electron chi connectivity index (χ1n) is 12.7. The molecule has 1 fully saturated rings. The number of nitro groups is 2. The first kappa shape index (κ1) is 29.4. The molecule has 4 aromatic carbocycles. The van der Waals surface area contributed by atoms with E-state index in [1.54, 1.807) is 12.1 Å². The first-order valence-corrected chi connectivity index (χ1v) is 13.1. The molecular formula is C30H19ClN4O9. The lowest BCUT2D eigenvalue weighted by atomic mass is 10.1. The zero-order chi connectivity index (χ0) is 31.4. The third-order valence-electron chi connectivity index (χ3n) is 6.28. The molecule has 1 aliphatic heterocycles. The molecule has 1 heterocycles. The molecule has 0 atom stereocenters. The van der Waals surface area contributed by atoms with Gasteiger partial charge in [0.25, 0.3) is 17.5 Å². The van der Waals surface area contributed by atoms with Gasteiger partial charge in [-0.25, -0.2) is 9.69 Å². The van der Waals surface area contributed by atoms with E-state index >= 15 is 0 Å². The first-order chi connectivity index (χ1) is 21.1. The Kier molecular flexibility index (Phi) is 8.31. The summed E-state index contributed by atoms with van der Waals surface area (Å²) in [6.45, 7) is 0.321. The minimum Gasteiger partial charge on any atom is -0.489 e. The molecule has 0 aromatic heterocycles. The molecule has 0 radical (unpaired) electrons. The number of carbonyl (C=O) groups excluding carboxylic acids is 3. The van der Waals surface area contributed by atoms with Gasteiger partial charge in [-0.05, 0) is 59.7 Å². The van der Waals surface area contributed by atoms with Crippen LogP contribution >= 0.6 is 11.6 Å². The van der Waals surface area contributed by atoms with Gasteiger partial charge in [0, 0.05) is 6.07 Å². The number of benzene rings is 4. The monoisotopic (exact) mass is 614 g/mol. The van der Waals surface area contributed by atoms with Gasteiger partial charge in [0.2, 0.25) is 5.75 Å². The summed E-state index contributed by atoms with van der Waals surface area (Å²) < 4.78 is 11.3. The number of nitrogens with one attached hydrogen (secondary N) is 1. The largest absolute Gasteiger partial charge is 0.489 e. The molecule has 0 bridgehead atoms. The Hall–Kier alpha value is -6.08. The van der Waals surface area contributed by atoms with E-state index < -0.39 is 39.1 Å². The Morgan fingerprint density at radius 3 is 2.20 bits per heavy atom. The van der Waals surface area contributed by atoms with Crippen molar-refractivity contribution in [2.45, 2.75) is 6.61 Å². The van der Waals surface area contributed by atoms with E-state index in [2.05, 4.69) is 5.32 Å². The Labute approximate surface area is 253 Å². The molecule has 1 N–H and O–H groups in total. The van der Waals surface area contributed by atoms with Crippen molar-refractivity contribution in [1.82, 2.24) is 5.32 Å². The predicted octanol–water partition coefficient (Wildman–Crippen LogP) is 6.19. The summed E-state index contributed by atoms with van der Waals surface area (Å²) in [5.74, 6) is -1.62. The fourth-order valence-corrected chi connectivity index (χ4v) is 4.37. The maximum absolute atomic E-state index is 13.3. The molecule has 5 rings (SSSR count). The van der Waals surface area contributed by atoms with Crippen LogP contribution in [0.5, 0.6) is 17.2 Å². The number of non-ortho nitro benzene ring substituents is 1. The molecule has 0 unspecified atom stereocenters. The van der Waals surface area contributed by atoms with E-state index in [9.17, 15) is 34.6 Å². The lowest BCUT2D eigenvalue weighted by molar-refractivity contribution is -0.394. The highest BCUT2D eigenvalue weighted by atomic mass is 35.5. The van der Waals surface area contributed by atoms with E-state index in [0.717, 1.165) is 28.7 Å². The lowest BCUT2D eigenvalue weighted by Gasteiger charge is -2.26. The number of carbonyl (C=O) groups is 3. The van der Waals surface area contributed by atoms with Crippen molar-refractivity contribution in [3.05, 3.63) is 133 Å². The average molecular weight is 615 g/mol. The number of ether oxygens (including phenoxy) is 2. The van der Waals surface area contributed by atoms with Crippen molar-refractivity contribution < 1.29 is 33.7 Å². The van der Waals surface area contributed by atoms with Gasteiger partial charge in [-0.1, -0.05) is 48.0 Å². The number of barbiturate groups is 1. The van der Waals surface area contributed by atoms with Crippen molar-refractivity contribution in [1.29, 1.82) is 0 Å². The lowest BCUT2D eigenvalue weighted by Crippen LogP contribution is -2.54. The second-order valence-corrected chi connectivity index (χ2v) is 9.59. The molecule has 1 aliphatic rings. The molecule has 0 spiro atoms. The summed E-state index contributed by atoms with van der Waals surface area (Å²) in [4.78, 5) is 60.1. The molecule has 1 saturated heterocycles. The highest BCUT2D eigenvalue weighted by Gasteiger charge is 2.37. The summed E-state index contributed by atoms with van der Waals surface area (Å²) >= 11 is 6.32. The second-order valence-electron chi connectivity index (χ2n) is 9.18. The van der Waals surface area contributed by atoms with Gasteiger partial charge in [0.05, 0.1) is 26.6 Å². The van der Waals surface area contributed by atoms with Crippen molar-refractivity contribution in [2.75, 3.05) is 4.90 Å². The van der Waals surface area contributed by atoms with Gasteiger partial charge in [-0.2, -0.15) is 0 Å². The van der Waals surface area contributed by atoms with Crippen LogP contribution in [-0.4, -0.2) is 27.7 Å². The smallest absolute Gasteiger partial charge is 0.335 e. The SMILES string of the molecule is O=C1NC(=O)N(c2ccc(OCc3ccccc3)cc2)C(=O)/C1=C/c1ccc(Oc2ccc([N+](=O)[O-])cc2[N+](=O)[O-])c(Cl)c1. The molecule has 44 heavy (non-hydrogen) atoms. The number of amides is 4. The molecular weight excluding hydrogens is 596 g/mol. The highest BCUT2D eigenvalue weighted by molar-refractivity contribution is 6.39. The van der Waals surface area contributed by atoms with Crippen LogP contribution in [0.1, 0.15) is 11.1 Å². The van der Waals surface area contributed by atoms with Crippen LogP contribution in [0.3, 0.4) is 0 Å². The van der Waals surface area contributed by atoms with Crippen LogP contribution in [0.2, 0.25) is 5.02 Å². The van der Waals surface area contributed by atoms with Crippen LogP contribution < -0.4 is 19.7 Å². The fraction of sp³-hybridized carbons (Fsp3) is 0.0333. The van der Waals surface area contributed by atoms with Crippen LogP contribution in [0.4, 0.5) is 21.9 Å². The van der Waals surface area contributed by atoms with Crippen molar-refractivity contribution in [3.63, 3.8) is 0 Å². The molecule has 0 aliphatic carbocycles. The van der Waals surface area contributed by atoms with E-state index in [1.165, 1.54) is 36.4 Å². The predicted molar refractivity (Wildman–Crippen MR) is 157 cm³/mol. The molecule has 220 valence electrons. The molecule has 14 heteroatoms. The minimum atomic E-state index is -0.929. The number of nitro benzene ring substituents is 2. The number of hydrogen-bond donors (Lipinski definition) is 1. The third kappa shape index (κ3) is 6.37. The number of anilines is 1. The van der Waals surface area contributed by atoms with E-state index in [1.807, 2.05) is 30.3 Å². The fourth-order valence-electron chi connectivity index (χ4n) is 4.15. The Morgan fingerprint density at radius 1 is 0.841 bits per heavy atom. The van der Waals surface area contributed by atoms with Gasteiger partial charge >= 0.3 is 11.7 Å². The minimum absolute atomic E-state index is 0.0310. The second kappa shape index (κ2) is 12.4. The number of nitrogens with zero attached hydrogens (tertiary/aromatic N) is 3. The number of halogens is 1. The van der Waals surface area contributed by atoms with Crippen LogP contribution in [0.15, 0.2) is 96.6 Å². The maximum atomic E-state index is 13.3. The van der Waals surface area contributed by atoms with Crippen molar-refractivity contribution >= 4 is 52.6 Å². The van der Waals surface area contributed by atoms with Crippen molar-refractivity contribution in [3.8, 4) is 17.2 Å². The third-order valence-corrected chi connectivity index (χ3v) is 6.58. The van der Waals surface area contributed by atoms with Gasteiger partial charge < -0.3 is 9.47 Å². The Bertz CT molecular complexity index is 1840. The molecule has 13 nitrogen and oxygen atoms in total. The summed E-state index contributed by atoms with van der Waals surface area (Å²) in [7, 11) is 0. The Balaban J connectivity index is 1.34. The number of hydrogen-bond acceptors (Lipinski definition) is 9. The molecule has 4 aromatic rings. The average Bonchev–Trinajstić information content (AvgIpc) is 3.00. The topological polar surface area (TPSA) is 171 Å². The standard InChI is InChI=1S/C30H19ClN4O9/c31-24-15-19(6-12-26(24)44-27-13-9-21(34(39)40)16-25(27)35(41)42)14-23-28(36)32-30(38)33(29(23)37)20-7-10-22(11-8-20)43-17-18-4-2-1-3-5-18/h1-16H,17H2,(H,32,36,38)/b23-14+. The van der Waals surface area contributed by atoms with Crippen molar-refractivity contribution in [2.24, 2.45) is 0 Å².